The third-order valence-corrected chi connectivity index (χ3v) is 6.95. The largest absolute Gasteiger partial charge is 0.497 e. The van der Waals surface area contributed by atoms with Crippen LogP contribution in [0, 0.1) is 0 Å². The van der Waals surface area contributed by atoms with Crippen LogP contribution in [0.25, 0.3) is 0 Å². The molecule has 47 heavy (non-hydrogen) atoms. The maximum Gasteiger partial charge on any atom is 0.305 e. The number of amides is 2. The van der Waals surface area contributed by atoms with E-state index in [-0.39, 0.29) is 17.8 Å². The van der Waals surface area contributed by atoms with E-state index in [9.17, 15) is 24.3 Å². The van der Waals surface area contributed by atoms with Gasteiger partial charge in [-0.3, -0.25) is 19.2 Å². The van der Waals surface area contributed by atoms with Gasteiger partial charge in [0.2, 0.25) is 0 Å². The lowest BCUT2D eigenvalue weighted by molar-refractivity contribution is -0.141. The first kappa shape index (κ1) is 38.4. The van der Waals surface area contributed by atoms with Gasteiger partial charge in [0.15, 0.2) is 0 Å². The molecular weight excluding hydrogens is 604 g/mol. The monoisotopic (exact) mass is 650 g/mol. The third-order valence-electron chi connectivity index (χ3n) is 6.95. The first-order valence-corrected chi connectivity index (χ1v) is 15.5. The van der Waals surface area contributed by atoms with Crippen molar-refractivity contribution in [1.82, 2.24) is 0 Å². The van der Waals surface area contributed by atoms with Gasteiger partial charge >= 0.3 is 11.9 Å². The summed E-state index contributed by atoms with van der Waals surface area (Å²) in [6, 6.07) is 25.7. The summed E-state index contributed by atoms with van der Waals surface area (Å²) in [4.78, 5) is 46.4. The number of hydrogen-bond acceptors (Lipinski definition) is 9. The van der Waals surface area contributed by atoms with Crippen LogP contribution in [-0.4, -0.2) is 62.4 Å². The zero-order valence-electron chi connectivity index (χ0n) is 27.3. The van der Waals surface area contributed by atoms with Crippen LogP contribution >= 0.6 is 0 Å². The van der Waals surface area contributed by atoms with Crippen LogP contribution in [0.5, 0.6) is 5.75 Å². The Hall–Kier alpha value is -4.74. The van der Waals surface area contributed by atoms with E-state index in [4.69, 9.17) is 9.47 Å². The van der Waals surface area contributed by atoms with Gasteiger partial charge in [-0.2, -0.15) is 0 Å². The van der Waals surface area contributed by atoms with Gasteiger partial charge < -0.3 is 34.7 Å². The minimum Gasteiger partial charge on any atom is -0.497 e. The van der Waals surface area contributed by atoms with Gasteiger partial charge in [0, 0.05) is 24.2 Å². The molecule has 0 fully saturated rings. The second-order valence-electron chi connectivity index (χ2n) is 10.5. The molecule has 254 valence electrons. The highest BCUT2D eigenvalue weighted by Crippen LogP contribution is 2.16. The van der Waals surface area contributed by atoms with Crippen LogP contribution in [0.2, 0.25) is 0 Å². The second-order valence-corrected chi connectivity index (χ2v) is 10.5. The smallest absolute Gasteiger partial charge is 0.305 e. The van der Waals surface area contributed by atoms with Gasteiger partial charge in [-0.15, -0.1) is 0 Å². The summed E-state index contributed by atoms with van der Waals surface area (Å²) in [5.74, 6) is -0.375. The molecule has 2 unspecified atom stereocenters. The van der Waals surface area contributed by atoms with Gasteiger partial charge in [0.05, 0.1) is 27.9 Å². The number of hydrogen-bond donors (Lipinski definition) is 3. The number of carbonyl (C=O) groups is 4. The molecule has 0 bridgehead atoms. The highest BCUT2D eigenvalue weighted by Gasteiger charge is 2.20. The molecule has 3 rings (SSSR count). The van der Waals surface area contributed by atoms with Crippen LogP contribution in [0.3, 0.4) is 0 Å². The summed E-state index contributed by atoms with van der Waals surface area (Å²) in [6.45, 7) is 0.313. The van der Waals surface area contributed by atoms with Gasteiger partial charge in [0.1, 0.15) is 18.0 Å². The van der Waals surface area contributed by atoms with E-state index in [1.807, 2.05) is 60.7 Å². The molecule has 0 spiro atoms. The zero-order valence-corrected chi connectivity index (χ0v) is 27.3. The van der Waals surface area contributed by atoms with Gasteiger partial charge in [-0.05, 0) is 80.5 Å². The average Bonchev–Trinajstić information content (AvgIpc) is 3.10. The Bertz CT molecular complexity index is 1340. The molecule has 0 saturated carbocycles. The highest BCUT2D eigenvalue weighted by molar-refractivity contribution is 5.94. The van der Waals surface area contributed by atoms with Gasteiger partial charge in [-0.1, -0.05) is 48.5 Å². The maximum absolute atomic E-state index is 12.7. The molecule has 0 aromatic heterocycles. The Morgan fingerprint density at radius 2 is 1.13 bits per heavy atom. The number of anilines is 2. The quantitative estimate of drug-likeness (QED) is 0.117. The number of benzene rings is 3. The Morgan fingerprint density at radius 1 is 0.638 bits per heavy atom. The first-order chi connectivity index (χ1) is 22.7. The van der Waals surface area contributed by atoms with E-state index in [1.165, 1.54) is 14.2 Å². The predicted octanol–water partition coefficient (Wildman–Crippen LogP) is 5.67. The number of aliphatic hydroxyl groups is 1. The normalized spacial score (nSPS) is 11.6. The lowest BCUT2D eigenvalue weighted by atomic mass is 10.1. The molecule has 0 heterocycles. The topological polar surface area (TPSA) is 149 Å². The Morgan fingerprint density at radius 3 is 1.62 bits per heavy atom. The standard InChI is InChI=1S/C22H27NO5.C14H19NO4/c1-26-19-14-12-17(13-15-19)16-28-20(10-6-7-11-21(24)27-2)22(25)23-18-8-4-3-5-9-18;1-19-13(17)10-6-5-9-12(16)14(18)15-11-7-3-2-4-8-11/h3-5,8-9,12-15,20H,6-7,10-11,16H2,1-2H3,(H,23,25);2-4,7-8,12,16H,5-6,9-10H2,1H3,(H,15,18). The third kappa shape index (κ3) is 16.4. The molecule has 0 aliphatic carbocycles. The van der Waals surface area contributed by atoms with Crippen molar-refractivity contribution >= 4 is 35.1 Å². The van der Waals surface area contributed by atoms with Crippen LogP contribution in [0.15, 0.2) is 84.9 Å². The summed E-state index contributed by atoms with van der Waals surface area (Å²) in [5.41, 5.74) is 2.33. The number of unbranched alkanes of at least 4 members (excludes halogenated alkanes) is 2. The van der Waals surface area contributed by atoms with Crippen molar-refractivity contribution in [2.45, 2.75) is 70.2 Å². The molecule has 0 radical (unpaired) electrons. The molecule has 3 N–H and O–H groups in total. The number of esters is 2. The molecule has 0 aliphatic heterocycles. The number of aliphatic hydroxyl groups excluding tert-OH is 1. The van der Waals surface area contributed by atoms with E-state index in [0.717, 1.165) is 17.0 Å². The van der Waals surface area contributed by atoms with Gasteiger partial charge in [0.25, 0.3) is 11.8 Å². The van der Waals surface area contributed by atoms with E-state index in [1.54, 1.807) is 31.4 Å². The maximum atomic E-state index is 12.7. The Balaban J connectivity index is 0.000000353. The van der Waals surface area contributed by atoms with E-state index < -0.39 is 18.1 Å². The SMILES string of the molecule is COC(=O)CCCCC(O)C(=O)Nc1ccccc1.COC(=O)CCCCC(OCc1ccc(OC)cc1)C(=O)Nc1ccccc1. The van der Waals surface area contributed by atoms with Crippen molar-refractivity contribution in [3.05, 3.63) is 90.5 Å². The van der Waals surface area contributed by atoms with Gasteiger partial charge in [-0.25, -0.2) is 0 Å². The molecule has 11 heteroatoms. The molecule has 3 aromatic rings. The molecule has 11 nitrogen and oxygen atoms in total. The molecule has 0 saturated heterocycles. The zero-order chi connectivity index (χ0) is 34.3. The number of para-hydroxylation sites is 2. The second kappa shape index (κ2) is 22.7. The molecule has 3 aromatic carbocycles. The summed E-state index contributed by atoms with van der Waals surface area (Å²) < 4.78 is 20.2. The van der Waals surface area contributed by atoms with Crippen molar-refractivity contribution in [3.63, 3.8) is 0 Å². The molecule has 2 amide bonds. The van der Waals surface area contributed by atoms with E-state index >= 15 is 0 Å². The predicted molar refractivity (Wildman–Crippen MR) is 179 cm³/mol. The van der Waals surface area contributed by atoms with Crippen LogP contribution in [0.4, 0.5) is 11.4 Å². The lowest BCUT2D eigenvalue weighted by Crippen LogP contribution is -2.30. The van der Waals surface area contributed by atoms with E-state index in [2.05, 4.69) is 20.1 Å². The minimum atomic E-state index is -1.06. The molecule has 0 aliphatic rings. The van der Waals surface area contributed by atoms with Crippen LogP contribution < -0.4 is 15.4 Å². The number of carbonyl (C=O) groups excluding carboxylic acids is 4. The number of rotatable bonds is 18. The summed E-state index contributed by atoms with van der Waals surface area (Å²) in [7, 11) is 4.32. The molecule has 2 atom stereocenters. The fraction of sp³-hybridized carbons (Fsp3) is 0.389. The first-order valence-electron chi connectivity index (χ1n) is 15.5. The minimum absolute atomic E-state index is 0.197. The van der Waals surface area contributed by atoms with Crippen LogP contribution in [0.1, 0.15) is 56.9 Å². The number of methoxy groups -OCH3 is 3. The summed E-state index contributed by atoms with van der Waals surface area (Å²) in [5, 5.41) is 15.2. The van der Waals surface area contributed by atoms with E-state index in [0.29, 0.717) is 63.7 Å². The molecular formula is C36H46N2O9. The Labute approximate surface area is 276 Å². The summed E-state index contributed by atoms with van der Waals surface area (Å²) >= 11 is 0. The van der Waals surface area contributed by atoms with Crippen molar-refractivity contribution in [2.75, 3.05) is 32.0 Å². The fourth-order valence-corrected chi connectivity index (χ4v) is 4.24. The Kier molecular flexibility index (Phi) is 18.6. The number of nitrogens with one attached hydrogen (secondary N) is 2. The van der Waals surface area contributed by atoms with Crippen molar-refractivity contribution in [1.29, 1.82) is 0 Å². The lowest BCUT2D eigenvalue weighted by Gasteiger charge is -2.18. The van der Waals surface area contributed by atoms with Crippen LogP contribution in [-0.2, 0) is 40.0 Å². The summed E-state index contributed by atoms with van der Waals surface area (Å²) in [6.07, 6.45) is 2.35. The fourth-order valence-electron chi connectivity index (χ4n) is 4.24. The van der Waals surface area contributed by atoms with Crippen molar-refractivity contribution < 1.29 is 43.2 Å². The van der Waals surface area contributed by atoms with Crippen molar-refractivity contribution in [3.8, 4) is 5.75 Å². The number of ether oxygens (including phenoxy) is 4. The van der Waals surface area contributed by atoms with Crippen molar-refractivity contribution in [2.24, 2.45) is 0 Å². The average molecular weight is 651 g/mol. The highest BCUT2D eigenvalue weighted by atomic mass is 16.5.